The van der Waals surface area contributed by atoms with E-state index in [4.69, 9.17) is 47.5 Å². The fourth-order valence-corrected chi connectivity index (χ4v) is 6.68. The molecule has 3 atom stereocenters. The van der Waals surface area contributed by atoms with Gasteiger partial charge in [-0.15, -0.1) is 0 Å². The predicted octanol–water partition coefficient (Wildman–Crippen LogP) is 8.11. The van der Waals surface area contributed by atoms with E-state index in [-0.39, 0.29) is 68.6 Å². The van der Waals surface area contributed by atoms with Crippen LogP contribution in [0.4, 0.5) is 28.8 Å². The van der Waals surface area contributed by atoms with Crippen LogP contribution in [0.1, 0.15) is 138 Å². The quantitative estimate of drug-likeness (QED) is 0.00685. The molecule has 0 aliphatic carbocycles. The second-order valence-electron chi connectivity index (χ2n) is 19.8. The number of alkyl carbamates (subject to hydrolysis) is 5. The molecule has 466 valence electrons. The Balaban J connectivity index is 2.65. The van der Waals surface area contributed by atoms with Crippen molar-refractivity contribution in [3.63, 3.8) is 0 Å². The molecule has 0 saturated carbocycles. The van der Waals surface area contributed by atoms with Crippen molar-refractivity contribution < 1.29 is 90.6 Å². The van der Waals surface area contributed by atoms with E-state index in [9.17, 15) is 43.2 Å². The summed E-state index contributed by atoms with van der Waals surface area (Å²) in [6.07, 6.45) is 2.44. The van der Waals surface area contributed by atoms with Crippen molar-refractivity contribution in [1.29, 1.82) is 0 Å². The van der Waals surface area contributed by atoms with Gasteiger partial charge in [0, 0.05) is 61.6 Å². The summed E-state index contributed by atoms with van der Waals surface area (Å²) in [6, 6.07) is 6.51. The Labute approximate surface area is 487 Å². The highest BCUT2D eigenvalue weighted by atomic mass is 16.7. The van der Waals surface area contributed by atoms with Crippen LogP contribution in [0.3, 0.4) is 0 Å². The number of carbonyl (C=O) groups is 9. The summed E-state index contributed by atoms with van der Waals surface area (Å²) in [4.78, 5) is 114. The summed E-state index contributed by atoms with van der Waals surface area (Å²) in [7, 11) is 0. The minimum atomic E-state index is -1.44. The normalized spacial score (nSPS) is 12.0. The van der Waals surface area contributed by atoms with Crippen molar-refractivity contribution in [3.8, 4) is 5.75 Å². The van der Waals surface area contributed by atoms with Crippen molar-refractivity contribution in [2.75, 3.05) is 72.3 Å². The zero-order chi connectivity index (χ0) is 62.0. The first kappa shape index (κ1) is 73.0. The highest BCUT2D eigenvalue weighted by Gasteiger charge is 2.32. The summed E-state index contributed by atoms with van der Waals surface area (Å²) in [6.45, 7) is 24.8. The number of benzene rings is 1. The van der Waals surface area contributed by atoms with Crippen LogP contribution >= 0.6 is 0 Å². The van der Waals surface area contributed by atoms with Gasteiger partial charge in [-0.25, -0.2) is 43.2 Å². The van der Waals surface area contributed by atoms with E-state index in [2.05, 4.69) is 56.8 Å². The third kappa shape index (κ3) is 37.6. The van der Waals surface area contributed by atoms with Crippen LogP contribution < -0.4 is 36.6 Å². The molecule has 1 aromatic carbocycles. The van der Waals surface area contributed by atoms with Gasteiger partial charge >= 0.3 is 54.5 Å². The van der Waals surface area contributed by atoms with E-state index in [0.717, 1.165) is 38.5 Å². The molecule has 6 N–H and O–H groups in total. The van der Waals surface area contributed by atoms with Crippen LogP contribution in [0.25, 0.3) is 0 Å². The first-order valence-corrected chi connectivity index (χ1v) is 27.8. The van der Waals surface area contributed by atoms with Gasteiger partial charge in [0.05, 0.1) is 0 Å². The molecule has 83 heavy (non-hydrogen) atoms. The van der Waals surface area contributed by atoms with Crippen LogP contribution in [-0.2, 0) is 57.1 Å². The van der Waals surface area contributed by atoms with Gasteiger partial charge in [-0.2, -0.15) is 0 Å². The second-order valence-corrected chi connectivity index (χ2v) is 19.8. The van der Waals surface area contributed by atoms with Crippen LogP contribution in [0.2, 0.25) is 0 Å². The molecule has 0 spiro atoms. The molecule has 6 amide bonds. The molecule has 0 aliphatic rings. The fourth-order valence-electron chi connectivity index (χ4n) is 6.68. The molecule has 0 bridgehead atoms. The van der Waals surface area contributed by atoms with Crippen molar-refractivity contribution in [2.45, 2.75) is 156 Å². The van der Waals surface area contributed by atoms with Crippen LogP contribution in [0, 0.1) is 0 Å². The molecule has 1 aromatic rings. The standard InChI is InChI=1S/C57H89N7O19/c1-39(2)48(65)76-36-42(7)79-52(69)59-29-19-13-12-18-28-58-51(68)75-35-34-74-46-26-24-45(25-27-46)47(64-83-56(73)63-33-23-17-15-21-31-61-54(71)81-44(9)38-78-50(67)41(5)6)57(10,11)82-55(72)62-32-22-16-14-20-30-60-53(70)80-43(8)37-77-49(66)40(3)4/h24-27,42-44H,1,3,5,12-23,28-38H2,2,4,6-11H3,(H,58,68)(H,59,69)(H,60,70)(H,61,71)(H,62,72)(H,63,73)/b64-47+. The number of hydrogen-bond acceptors (Lipinski definition) is 20. The number of nitrogens with one attached hydrogen (secondary N) is 6. The van der Waals surface area contributed by atoms with Gasteiger partial charge in [0.2, 0.25) is 0 Å². The Bertz CT molecular complexity index is 2270. The van der Waals surface area contributed by atoms with Gasteiger partial charge in [0.15, 0.2) is 5.60 Å². The average molecular weight is 1180 g/mol. The Morgan fingerprint density at radius 2 is 0.771 bits per heavy atom. The lowest BCUT2D eigenvalue weighted by molar-refractivity contribution is -0.142. The minimum Gasteiger partial charge on any atom is -0.490 e. The lowest BCUT2D eigenvalue weighted by atomic mass is 9.95. The number of rotatable bonds is 41. The SMILES string of the molecule is C=C(C)C(=O)OCC(C)OC(=O)NCCCCCCNC(=O)OCCOc1ccc(/C(=N\OC(=O)NCCCCCCNC(=O)OC(C)COC(=O)C(=C)C)C(C)(C)OC(=O)NCCCCCCNC(=O)OC(C)COC(=O)C(=C)C)cc1. The Kier molecular flexibility index (Phi) is 37.6. The maximum Gasteiger partial charge on any atom is 0.433 e. The van der Waals surface area contributed by atoms with E-state index in [0.29, 0.717) is 76.0 Å². The smallest absolute Gasteiger partial charge is 0.433 e. The molecule has 0 aromatic heterocycles. The van der Waals surface area contributed by atoms with Crippen LogP contribution in [0.15, 0.2) is 65.9 Å². The highest BCUT2D eigenvalue weighted by molar-refractivity contribution is 6.07. The van der Waals surface area contributed by atoms with E-state index < -0.39 is 78.4 Å². The van der Waals surface area contributed by atoms with Gasteiger partial charge in [0.25, 0.3) is 0 Å². The fraction of sp³-hybridized carbons (Fsp3) is 0.614. The number of amides is 6. The van der Waals surface area contributed by atoms with Crippen molar-refractivity contribution in [1.82, 2.24) is 31.9 Å². The van der Waals surface area contributed by atoms with E-state index in [1.165, 1.54) is 20.8 Å². The molecule has 0 fully saturated rings. The first-order valence-electron chi connectivity index (χ1n) is 27.8. The van der Waals surface area contributed by atoms with Gasteiger partial charge in [-0.05, 0) is 118 Å². The number of unbranched alkanes of at least 4 members (excludes halogenated alkanes) is 9. The maximum absolute atomic E-state index is 13.1. The summed E-state index contributed by atoms with van der Waals surface area (Å²) in [5, 5.41) is 20.1. The number of esters is 3. The number of nitrogens with zero attached hydrogens (tertiary/aromatic N) is 1. The predicted molar refractivity (Wildman–Crippen MR) is 305 cm³/mol. The molecular formula is C57H89N7O19. The molecule has 26 heteroatoms. The number of ether oxygens (including phenoxy) is 9. The highest BCUT2D eigenvalue weighted by Crippen LogP contribution is 2.22. The van der Waals surface area contributed by atoms with Gasteiger partial charge < -0.3 is 74.5 Å². The largest absolute Gasteiger partial charge is 0.490 e. The third-order valence-electron chi connectivity index (χ3n) is 11.1. The lowest BCUT2D eigenvalue weighted by Gasteiger charge is -2.26. The molecule has 1 rings (SSSR count). The first-order chi connectivity index (χ1) is 39.4. The molecular weight excluding hydrogens is 1090 g/mol. The van der Waals surface area contributed by atoms with Gasteiger partial charge in [-0.1, -0.05) is 63.4 Å². The zero-order valence-electron chi connectivity index (χ0n) is 49.6. The molecule has 0 saturated heterocycles. The molecule has 26 nitrogen and oxygen atoms in total. The topological polar surface area (TPSA) is 330 Å². The summed E-state index contributed by atoms with van der Waals surface area (Å²) in [5.74, 6) is -1.27. The van der Waals surface area contributed by atoms with Crippen molar-refractivity contribution in [3.05, 3.63) is 66.3 Å². The van der Waals surface area contributed by atoms with Gasteiger partial charge in [0.1, 0.15) is 62.8 Å². The van der Waals surface area contributed by atoms with Crippen molar-refractivity contribution >= 4 is 60.2 Å². The van der Waals surface area contributed by atoms with Gasteiger partial charge in [-0.3, -0.25) is 4.84 Å². The second kappa shape index (κ2) is 42.7. The summed E-state index contributed by atoms with van der Waals surface area (Å²) < 4.78 is 47.2. The maximum atomic E-state index is 13.1. The third-order valence-corrected chi connectivity index (χ3v) is 11.1. The van der Waals surface area contributed by atoms with Crippen LogP contribution in [-0.4, -0.2) is 156 Å². The van der Waals surface area contributed by atoms with E-state index in [1.54, 1.807) is 58.9 Å². The number of carbonyl (C=O) groups excluding carboxylic acids is 9. The van der Waals surface area contributed by atoms with Crippen molar-refractivity contribution in [2.24, 2.45) is 5.16 Å². The monoisotopic (exact) mass is 1180 g/mol. The zero-order valence-corrected chi connectivity index (χ0v) is 49.6. The average Bonchev–Trinajstić information content (AvgIpc) is 3.54. The Morgan fingerprint density at radius 3 is 1.12 bits per heavy atom. The molecule has 0 aliphatic heterocycles. The summed E-state index contributed by atoms with van der Waals surface area (Å²) in [5.41, 5.74) is -0.173. The summed E-state index contributed by atoms with van der Waals surface area (Å²) >= 11 is 0. The molecule has 3 unspecified atom stereocenters. The Morgan fingerprint density at radius 1 is 0.446 bits per heavy atom. The number of oxime groups is 1. The number of hydrogen-bond donors (Lipinski definition) is 6. The van der Waals surface area contributed by atoms with Crippen LogP contribution in [0.5, 0.6) is 5.75 Å². The Hall–Kier alpha value is -8.06. The molecule has 0 heterocycles. The van der Waals surface area contributed by atoms with E-state index >= 15 is 0 Å². The van der Waals surface area contributed by atoms with E-state index in [1.807, 2.05) is 0 Å². The minimum absolute atomic E-state index is 0.0326. The lowest BCUT2D eigenvalue weighted by Crippen LogP contribution is -2.42. The molecule has 0 radical (unpaired) electrons.